The predicted octanol–water partition coefficient (Wildman–Crippen LogP) is -0.212. The maximum Gasteiger partial charge on any atom is 1.00 e. The molecule has 3 heteroatoms. The zero-order valence-corrected chi connectivity index (χ0v) is 10.7. The molecule has 0 aliphatic heterocycles. The second-order valence-corrected chi connectivity index (χ2v) is 2.67. The molecule has 0 fully saturated rings. The first-order chi connectivity index (χ1) is 6.79. The van der Waals surface area contributed by atoms with Gasteiger partial charge in [-0.15, -0.1) is 0 Å². The van der Waals surface area contributed by atoms with Crippen molar-refractivity contribution < 1.29 is 39.8 Å². The Morgan fingerprint density at radius 3 is 0.933 bits per heavy atom. The van der Waals surface area contributed by atoms with Gasteiger partial charge in [0.25, 0.3) is 0 Å². The van der Waals surface area contributed by atoms with E-state index in [1.54, 1.807) is 48.5 Å². The van der Waals surface area contributed by atoms with Crippen LogP contribution in [0.15, 0.2) is 60.7 Å². The molecular weight excluding hydrogens is 199 g/mol. The molecule has 2 aromatic rings. The third kappa shape index (κ3) is 7.03. The summed E-state index contributed by atoms with van der Waals surface area (Å²) in [4.78, 5) is 0. The fraction of sp³-hybridized carbons (Fsp3) is 0. The molecule has 0 radical (unpaired) electrons. The largest absolute Gasteiger partial charge is 1.00 e. The van der Waals surface area contributed by atoms with Crippen LogP contribution in [0.1, 0.15) is 0 Å². The normalized spacial score (nSPS) is 8.00. The summed E-state index contributed by atoms with van der Waals surface area (Å²) < 4.78 is 0. The van der Waals surface area contributed by atoms with Gasteiger partial charge in [0.1, 0.15) is 11.5 Å². The molecule has 0 saturated heterocycles. The molecule has 2 rings (SSSR count). The quantitative estimate of drug-likeness (QED) is 0.592. The predicted molar refractivity (Wildman–Crippen MR) is 56.2 cm³/mol. The van der Waals surface area contributed by atoms with Crippen LogP contribution in [0.25, 0.3) is 0 Å². The van der Waals surface area contributed by atoms with E-state index in [0.717, 1.165) is 0 Å². The Labute approximate surface area is 111 Å². The van der Waals surface area contributed by atoms with Crippen molar-refractivity contribution in [2.24, 2.45) is 0 Å². The van der Waals surface area contributed by atoms with E-state index in [1.165, 1.54) is 0 Å². The number of phenolic OH excluding ortho intramolecular Hbond substituents is 2. The van der Waals surface area contributed by atoms with Gasteiger partial charge in [-0.05, 0) is 24.3 Å². The van der Waals surface area contributed by atoms with Crippen molar-refractivity contribution in [1.82, 2.24) is 0 Å². The van der Waals surface area contributed by atoms with E-state index in [9.17, 15) is 0 Å². The Morgan fingerprint density at radius 2 is 0.800 bits per heavy atom. The molecule has 15 heavy (non-hydrogen) atoms. The Hall–Kier alpha value is -0.960. The van der Waals surface area contributed by atoms with Gasteiger partial charge in [0.2, 0.25) is 0 Å². The topological polar surface area (TPSA) is 40.5 Å². The van der Waals surface area contributed by atoms with Crippen LogP contribution in [0, 0.1) is 0 Å². The van der Waals surface area contributed by atoms with Crippen molar-refractivity contribution in [2.75, 3.05) is 0 Å². The Morgan fingerprint density at radius 1 is 0.533 bits per heavy atom. The maximum absolute atomic E-state index is 8.63. The number of aromatic hydroxyl groups is 2. The number of hydrogen-bond donors (Lipinski definition) is 2. The Balaban J connectivity index is 0.000000245. The Bertz CT molecular complexity index is 311. The van der Waals surface area contributed by atoms with Crippen LogP contribution in [0.5, 0.6) is 11.5 Å². The van der Waals surface area contributed by atoms with E-state index in [-0.39, 0.29) is 29.6 Å². The molecular formula is C12H12NaO2+. The van der Waals surface area contributed by atoms with Crippen LogP contribution < -0.4 is 29.6 Å². The fourth-order valence-electron chi connectivity index (χ4n) is 0.856. The summed E-state index contributed by atoms with van der Waals surface area (Å²) >= 11 is 0. The van der Waals surface area contributed by atoms with Crippen LogP contribution >= 0.6 is 0 Å². The van der Waals surface area contributed by atoms with Crippen LogP contribution in [-0.4, -0.2) is 10.2 Å². The van der Waals surface area contributed by atoms with Crippen LogP contribution in [-0.2, 0) is 0 Å². The summed E-state index contributed by atoms with van der Waals surface area (Å²) in [6, 6.07) is 17.4. The number of phenols is 2. The minimum atomic E-state index is 0. The maximum atomic E-state index is 8.63. The molecule has 0 spiro atoms. The van der Waals surface area contributed by atoms with Gasteiger partial charge < -0.3 is 10.2 Å². The SMILES string of the molecule is Oc1ccccc1.Oc1ccccc1.[Na+]. The van der Waals surface area contributed by atoms with E-state index in [2.05, 4.69) is 0 Å². The van der Waals surface area contributed by atoms with Crippen molar-refractivity contribution in [1.29, 1.82) is 0 Å². The van der Waals surface area contributed by atoms with Gasteiger partial charge in [-0.1, -0.05) is 36.4 Å². The molecule has 0 bridgehead atoms. The first-order valence-corrected chi connectivity index (χ1v) is 4.27. The van der Waals surface area contributed by atoms with Gasteiger partial charge in [-0.2, -0.15) is 0 Å². The van der Waals surface area contributed by atoms with Gasteiger partial charge in [0.15, 0.2) is 0 Å². The summed E-state index contributed by atoms with van der Waals surface area (Å²) in [5.74, 6) is 0.644. The van der Waals surface area contributed by atoms with Crippen molar-refractivity contribution in [3.8, 4) is 11.5 Å². The summed E-state index contributed by atoms with van der Waals surface area (Å²) in [5.41, 5.74) is 0. The molecule has 0 unspecified atom stereocenters. The third-order valence-corrected chi connectivity index (χ3v) is 1.51. The van der Waals surface area contributed by atoms with E-state index in [0.29, 0.717) is 11.5 Å². The number of benzene rings is 2. The van der Waals surface area contributed by atoms with E-state index in [1.807, 2.05) is 12.1 Å². The molecule has 0 amide bonds. The molecule has 0 aliphatic rings. The van der Waals surface area contributed by atoms with Crippen LogP contribution in [0.4, 0.5) is 0 Å². The summed E-state index contributed by atoms with van der Waals surface area (Å²) in [7, 11) is 0. The van der Waals surface area contributed by atoms with E-state index < -0.39 is 0 Å². The van der Waals surface area contributed by atoms with E-state index in [4.69, 9.17) is 10.2 Å². The second-order valence-electron chi connectivity index (χ2n) is 2.67. The minimum absolute atomic E-state index is 0. The molecule has 2 nitrogen and oxygen atoms in total. The molecule has 0 heterocycles. The monoisotopic (exact) mass is 211 g/mol. The number of para-hydroxylation sites is 2. The van der Waals surface area contributed by atoms with Gasteiger partial charge in [-0.3, -0.25) is 0 Å². The number of hydrogen-bond acceptors (Lipinski definition) is 2. The Kier molecular flexibility index (Phi) is 7.82. The van der Waals surface area contributed by atoms with Crippen LogP contribution in [0.3, 0.4) is 0 Å². The zero-order valence-electron chi connectivity index (χ0n) is 8.67. The van der Waals surface area contributed by atoms with Crippen molar-refractivity contribution in [3.63, 3.8) is 0 Å². The van der Waals surface area contributed by atoms with Gasteiger partial charge in [-0.25, -0.2) is 0 Å². The summed E-state index contributed by atoms with van der Waals surface area (Å²) in [6.45, 7) is 0. The van der Waals surface area contributed by atoms with Gasteiger partial charge in [0, 0.05) is 0 Å². The molecule has 0 aromatic heterocycles. The first-order valence-electron chi connectivity index (χ1n) is 4.27. The zero-order chi connectivity index (χ0) is 10.2. The molecule has 0 saturated carbocycles. The average Bonchev–Trinajstić information content (AvgIpc) is 2.21. The van der Waals surface area contributed by atoms with Gasteiger partial charge in [0.05, 0.1) is 0 Å². The fourth-order valence-corrected chi connectivity index (χ4v) is 0.856. The molecule has 0 aliphatic carbocycles. The van der Waals surface area contributed by atoms with E-state index >= 15 is 0 Å². The standard InChI is InChI=1S/2C6H6O.Na/c2*7-6-4-2-1-3-5-6;/h2*1-5,7H;/q;;+1. The smallest absolute Gasteiger partial charge is 0.508 e. The molecule has 2 aromatic carbocycles. The van der Waals surface area contributed by atoms with Crippen molar-refractivity contribution in [3.05, 3.63) is 60.7 Å². The van der Waals surface area contributed by atoms with Crippen molar-refractivity contribution in [2.45, 2.75) is 0 Å². The molecule has 0 atom stereocenters. The summed E-state index contributed by atoms with van der Waals surface area (Å²) in [5, 5.41) is 17.3. The molecule has 2 N–H and O–H groups in total. The second kappa shape index (κ2) is 8.36. The van der Waals surface area contributed by atoms with Crippen LogP contribution in [0.2, 0.25) is 0 Å². The first kappa shape index (κ1) is 14.0. The average molecular weight is 211 g/mol. The number of rotatable bonds is 0. The third-order valence-electron chi connectivity index (χ3n) is 1.51. The minimum Gasteiger partial charge on any atom is -0.508 e. The molecule has 72 valence electrons. The van der Waals surface area contributed by atoms with Gasteiger partial charge >= 0.3 is 29.6 Å². The van der Waals surface area contributed by atoms with Crippen molar-refractivity contribution >= 4 is 0 Å². The summed E-state index contributed by atoms with van der Waals surface area (Å²) in [6.07, 6.45) is 0.